The van der Waals surface area contributed by atoms with Crippen molar-refractivity contribution in [2.24, 2.45) is 5.10 Å². The van der Waals surface area contributed by atoms with E-state index in [1.54, 1.807) is 42.5 Å². The smallest absolute Gasteiger partial charge is 0.295 e. The molecule has 10 heteroatoms. The van der Waals surface area contributed by atoms with Crippen LogP contribution in [-0.2, 0) is 14.8 Å². The molecule has 1 fully saturated rings. The first-order valence-electron chi connectivity index (χ1n) is 9.43. The van der Waals surface area contributed by atoms with Crippen LogP contribution in [0.2, 0.25) is 10.0 Å². The lowest BCUT2D eigenvalue weighted by Gasteiger charge is -2.31. The van der Waals surface area contributed by atoms with Crippen molar-refractivity contribution in [3.63, 3.8) is 0 Å². The summed E-state index contributed by atoms with van der Waals surface area (Å²) in [6, 6.07) is 11.9. The van der Waals surface area contributed by atoms with Gasteiger partial charge in [-0.05, 0) is 31.2 Å². The summed E-state index contributed by atoms with van der Waals surface area (Å²) in [5.41, 5.74) is 4.00. The molecule has 0 unspecified atom stereocenters. The first kappa shape index (κ1) is 22.7. The Labute approximate surface area is 186 Å². The molecular weight excluding hydrogens is 447 g/mol. The van der Waals surface area contributed by atoms with Gasteiger partial charge in [-0.25, -0.2) is 13.8 Å². The molecule has 0 atom stereocenters. The monoisotopic (exact) mass is 469 g/mol. The number of piperazine rings is 1. The molecule has 7 nitrogen and oxygen atoms in total. The summed E-state index contributed by atoms with van der Waals surface area (Å²) in [6.07, 6.45) is 1.41. The van der Waals surface area contributed by atoms with Crippen LogP contribution in [0, 0.1) is 6.92 Å². The predicted octanol–water partition coefficient (Wildman–Crippen LogP) is 1.34. The van der Waals surface area contributed by atoms with Gasteiger partial charge in [0.1, 0.15) is 0 Å². The molecule has 1 saturated heterocycles. The van der Waals surface area contributed by atoms with Gasteiger partial charge in [0.05, 0.1) is 47.3 Å². The van der Waals surface area contributed by atoms with Gasteiger partial charge in [0, 0.05) is 5.56 Å². The molecule has 1 aliphatic heterocycles. The summed E-state index contributed by atoms with van der Waals surface area (Å²) >= 11 is 12.1. The number of hydrogen-bond acceptors (Lipinski definition) is 4. The standard InChI is InChI=1S/C20H22Cl2N4O3S/c1-15-5-7-16(8-6-15)30(28,29)26-11-9-25(10-12-26)14-20(27)24-23-13-17-18(21)3-2-4-19(17)22/h2-8,13H,9-12,14H2,1H3,(H,24,27)/p+1/b23-13+. The van der Waals surface area contributed by atoms with E-state index < -0.39 is 10.0 Å². The summed E-state index contributed by atoms with van der Waals surface area (Å²) in [4.78, 5) is 13.4. The highest BCUT2D eigenvalue weighted by atomic mass is 35.5. The number of aryl methyl sites for hydroxylation is 1. The fraction of sp³-hybridized carbons (Fsp3) is 0.300. The Kier molecular flexibility index (Phi) is 7.49. The van der Waals surface area contributed by atoms with Gasteiger partial charge in [0.15, 0.2) is 6.54 Å². The van der Waals surface area contributed by atoms with E-state index in [9.17, 15) is 13.2 Å². The van der Waals surface area contributed by atoms with Crippen molar-refractivity contribution < 1.29 is 18.1 Å². The maximum absolute atomic E-state index is 12.8. The number of nitrogens with zero attached hydrogens (tertiary/aromatic N) is 2. The number of quaternary nitrogens is 1. The molecule has 2 aromatic rings. The Balaban J connectivity index is 1.50. The second kappa shape index (κ2) is 9.89. The summed E-state index contributed by atoms with van der Waals surface area (Å²) in [5.74, 6) is -0.265. The normalized spacial score (nSPS) is 16.1. The van der Waals surface area contributed by atoms with Crippen molar-refractivity contribution in [1.29, 1.82) is 0 Å². The highest BCUT2D eigenvalue weighted by Gasteiger charge is 2.31. The second-order valence-corrected chi connectivity index (χ2v) is 9.82. The molecule has 3 rings (SSSR count). The molecule has 1 aliphatic rings. The average Bonchev–Trinajstić information content (AvgIpc) is 2.71. The number of hydrazone groups is 1. The maximum Gasteiger partial charge on any atom is 0.295 e. The first-order valence-corrected chi connectivity index (χ1v) is 11.6. The van der Waals surface area contributed by atoms with E-state index >= 15 is 0 Å². The van der Waals surface area contributed by atoms with Gasteiger partial charge in [0.2, 0.25) is 10.0 Å². The molecule has 1 heterocycles. The molecule has 160 valence electrons. The van der Waals surface area contributed by atoms with Crippen LogP contribution in [0.15, 0.2) is 52.5 Å². The van der Waals surface area contributed by atoms with E-state index in [0.29, 0.717) is 46.7 Å². The minimum atomic E-state index is -3.51. The lowest BCUT2D eigenvalue weighted by molar-refractivity contribution is -0.895. The van der Waals surface area contributed by atoms with E-state index in [2.05, 4.69) is 10.5 Å². The highest BCUT2D eigenvalue weighted by molar-refractivity contribution is 7.89. The number of nitrogens with one attached hydrogen (secondary N) is 2. The minimum absolute atomic E-state index is 0.200. The Morgan fingerprint density at radius 3 is 2.33 bits per heavy atom. The van der Waals surface area contributed by atoms with Crippen molar-refractivity contribution in [3.05, 3.63) is 63.6 Å². The number of carbonyl (C=O) groups is 1. The lowest BCUT2D eigenvalue weighted by atomic mass is 10.2. The van der Waals surface area contributed by atoms with Crippen LogP contribution in [0.25, 0.3) is 0 Å². The summed E-state index contributed by atoms with van der Waals surface area (Å²) in [7, 11) is -3.51. The highest BCUT2D eigenvalue weighted by Crippen LogP contribution is 2.22. The van der Waals surface area contributed by atoms with Gasteiger partial charge in [0.25, 0.3) is 5.91 Å². The molecule has 0 aromatic heterocycles. The molecule has 0 bridgehead atoms. The zero-order valence-corrected chi connectivity index (χ0v) is 18.8. The number of hydrogen-bond donors (Lipinski definition) is 2. The topological polar surface area (TPSA) is 83.3 Å². The van der Waals surface area contributed by atoms with Gasteiger partial charge in [-0.1, -0.05) is 47.0 Å². The largest absolute Gasteiger partial charge is 0.325 e. The van der Waals surface area contributed by atoms with Crippen LogP contribution in [0.1, 0.15) is 11.1 Å². The number of sulfonamides is 1. The Morgan fingerprint density at radius 2 is 1.73 bits per heavy atom. The van der Waals surface area contributed by atoms with Gasteiger partial charge < -0.3 is 4.90 Å². The zero-order valence-electron chi connectivity index (χ0n) is 16.4. The van der Waals surface area contributed by atoms with Crippen molar-refractivity contribution >= 4 is 45.3 Å². The Morgan fingerprint density at radius 1 is 1.13 bits per heavy atom. The minimum Gasteiger partial charge on any atom is -0.325 e. The second-order valence-electron chi connectivity index (χ2n) is 7.07. The molecular formula is C20H23Cl2N4O3S+. The number of halogens is 2. The third-order valence-corrected chi connectivity index (χ3v) is 7.45. The Bertz CT molecular complexity index is 1010. The molecule has 0 radical (unpaired) electrons. The fourth-order valence-corrected chi connectivity index (χ4v) is 5.08. The third kappa shape index (κ3) is 5.59. The van der Waals surface area contributed by atoms with Crippen LogP contribution in [0.5, 0.6) is 0 Å². The Hall–Kier alpha value is -1.97. The van der Waals surface area contributed by atoms with Gasteiger partial charge in [-0.15, -0.1) is 0 Å². The molecule has 2 aromatic carbocycles. The van der Waals surface area contributed by atoms with Crippen LogP contribution in [0.4, 0.5) is 0 Å². The number of carbonyl (C=O) groups excluding carboxylic acids is 1. The van der Waals surface area contributed by atoms with E-state index in [1.165, 1.54) is 10.5 Å². The summed E-state index contributed by atoms with van der Waals surface area (Å²) in [5, 5.41) is 4.80. The van der Waals surface area contributed by atoms with E-state index in [1.807, 2.05) is 6.92 Å². The molecule has 30 heavy (non-hydrogen) atoms. The van der Waals surface area contributed by atoms with Gasteiger partial charge in [-0.3, -0.25) is 4.79 Å². The van der Waals surface area contributed by atoms with Crippen molar-refractivity contribution in [2.45, 2.75) is 11.8 Å². The van der Waals surface area contributed by atoms with Crippen molar-refractivity contribution in [1.82, 2.24) is 9.73 Å². The zero-order chi connectivity index (χ0) is 21.7. The van der Waals surface area contributed by atoms with Crippen LogP contribution in [0.3, 0.4) is 0 Å². The summed E-state index contributed by atoms with van der Waals surface area (Å²) < 4.78 is 27.0. The number of rotatable bonds is 6. The average molecular weight is 470 g/mol. The van der Waals surface area contributed by atoms with Crippen LogP contribution in [-0.4, -0.2) is 57.6 Å². The maximum atomic E-state index is 12.8. The van der Waals surface area contributed by atoms with Gasteiger partial charge >= 0.3 is 0 Å². The first-order chi connectivity index (χ1) is 14.3. The number of amides is 1. The lowest BCUT2D eigenvalue weighted by Crippen LogP contribution is -3.15. The quantitative estimate of drug-likeness (QED) is 0.494. The molecule has 0 saturated carbocycles. The van der Waals surface area contributed by atoms with Gasteiger partial charge in [-0.2, -0.15) is 9.41 Å². The SMILES string of the molecule is Cc1ccc(S(=O)(=O)N2CC[NH+](CC(=O)N/N=C/c3c(Cl)cccc3Cl)CC2)cc1. The molecule has 2 N–H and O–H groups in total. The summed E-state index contributed by atoms with van der Waals surface area (Å²) in [6.45, 7) is 3.91. The molecule has 1 amide bonds. The van der Waals surface area contributed by atoms with Crippen LogP contribution >= 0.6 is 23.2 Å². The van der Waals surface area contributed by atoms with E-state index in [4.69, 9.17) is 23.2 Å². The van der Waals surface area contributed by atoms with Crippen molar-refractivity contribution in [3.8, 4) is 0 Å². The fourth-order valence-electron chi connectivity index (χ4n) is 3.15. The van der Waals surface area contributed by atoms with Crippen molar-refractivity contribution in [2.75, 3.05) is 32.7 Å². The molecule has 0 aliphatic carbocycles. The van der Waals surface area contributed by atoms with E-state index in [-0.39, 0.29) is 12.5 Å². The predicted molar refractivity (Wildman–Crippen MR) is 118 cm³/mol. The van der Waals surface area contributed by atoms with Crippen LogP contribution < -0.4 is 10.3 Å². The number of benzene rings is 2. The molecule has 0 spiro atoms. The third-order valence-electron chi connectivity index (χ3n) is 4.88. The van der Waals surface area contributed by atoms with E-state index in [0.717, 1.165) is 10.5 Å².